The molecule has 3 rings (SSSR count). The molecule has 0 fully saturated rings. The lowest BCUT2D eigenvalue weighted by atomic mass is 10.3. The van der Waals surface area contributed by atoms with Crippen molar-refractivity contribution in [2.45, 2.75) is 6.61 Å². The maximum atomic E-state index is 12.8. The zero-order valence-corrected chi connectivity index (χ0v) is 10.1. The molecule has 0 unspecified atom stereocenters. The number of ether oxygens (including phenoxy) is 1. The van der Waals surface area contributed by atoms with Crippen LogP contribution in [0.4, 0.5) is 10.1 Å². The second kappa shape index (κ2) is 4.61. The molecule has 0 aliphatic rings. The molecule has 2 N–H and O–H groups in total. The molecular formula is C14H12FN3O. The van der Waals surface area contributed by atoms with E-state index in [4.69, 9.17) is 10.5 Å². The minimum atomic E-state index is -0.282. The van der Waals surface area contributed by atoms with Gasteiger partial charge in [-0.1, -0.05) is 0 Å². The van der Waals surface area contributed by atoms with E-state index in [9.17, 15) is 4.39 Å². The standard InChI is InChI=1S/C14H12FN3O/c15-10-1-4-13(5-2-10)19-9-12-7-17-14-6-3-11(16)8-18(12)14/h1-8H,9,16H2. The van der Waals surface area contributed by atoms with Crippen molar-refractivity contribution in [3.05, 3.63) is 60.3 Å². The number of nitrogens with zero attached hydrogens (tertiary/aromatic N) is 2. The number of nitrogens with two attached hydrogens (primary N) is 1. The molecule has 0 bridgehead atoms. The molecule has 96 valence electrons. The fraction of sp³-hybridized carbons (Fsp3) is 0.0714. The van der Waals surface area contributed by atoms with Crippen molar-refractivity contribution < 1.29 is 9.13 Å². The van der Waals surface area contributed by atoms with E-state index in [1.807, 2.05) is 10.5 Å². The Hall–Kier alpha value is -2.56. The number of aromatic nitrogens is 2. The van der Waals surface area contributed by atoms with Crippen LogP contribution in [0.1, 0.15) is 5.69 Å². The number of anilines is 1. The van der Waals surface area contributed by atoms with Gasteiger partial charge in [-0.3, -0.25) is 4.40 Å². The van der Waals surface area contributed by atoms with Crippen LogP contribution >= 0.6 is 0 Å². The number of fused-ring (bicyclic) bond motifs is 1. The van der Waals surface area contributed by atoms with E-state index in [1.165, 1.54) is 12.1 Å². The Morgan fingerprint density at radius 1 is 1.16 bits per heavy atom. The van der Waals surface area contributed by atoms with E-state index in [2.05, 4.69) is 4.98 Å². The molecule has 3 aromatic rings. The Kier molecular flexibility index (Phi) is 2.79. The third-order valence-electron chi connectivity index (χ3n) is 2.81. The third kappa shape index (κ3) is 2.35. The fourth-order valence-electron chi connectivity index (χ4n) is 1.84. The van der Waals surface area contributed by atoms with Crippen LogP contribution in [0.2, 0.25) is 0 Å². The smallest absolute Gasteiger partial charge is 0.137 e. The Morgan fingerprint density at radius 3 is 2.74 bits per heavy atom. The molecule has 0 aliphatic heterocycles. The maximum Gasteiger partial charge on any atom is 0.137 e. The summed E-state index contributed by atoms with van der Waals surface area (Å²) in [6.45, 7) is 0.344. The third-order valence-corrected chi connectivity index (χ3v) is 2.81. The molecule has 19 heavy (non-hydrogen) atoms. The summed E-state index contributed by atoms with van der Waals surface area (Å²) in [4.78, 5) is 4.25. The number of rotatable bonds is 3. The van der Waals surface area contributed by atoms with Gasteiger partial charge in [-0.25, -0.2) is 9.37 Å². The van der Waals surface area contributed by atoms with Gasteiger partial charge in [-0.05, 0) is 36.4 Å². The minimum absolute atomic E-state index is 0.282. The first-order chi connectivity index (χ1) is 9.22. The first-order valence-corrected chi connectivity index (χ1v) is 5.82. The van der Waals surface area contributed by atoms with Gasteiger partial charge < -0.3 is 10.5 Å². The van der Waals surface area contributed by atoms with Crippen molar-refractivity contribution in [3.63, 3.8) is 0 Å². The van der Waals surface area contributed by atoms with Crippen LogP contribution < -0.4 is 10.5 Å². The Bertz CT molecular complexity index is 706. The van der Waals surface area contributed by atoms with Gasteiger partial charge in [0.1, 0.15) is 23.8 Å². The molecule has 2 heterocycles. The summed E-state index contributed by atoms with van der Waals surface area (Å²) in [6, 6.07) is 9.55. The van der Waals surface area contributed by atoms with Gasteiger partial charge in [0, 0.05) is 11.9 Å². The fourth-order valence-corrected chi connectivity index (χ4v) is 1.84. The summed E-state index contributed by atoms with van der Waals surface area (Å²) in [5.41, 5.74) is 8.10. The number of imidazole rings is 1. The minimum Gasteiger partial charge on any atom is -0.487 e. The van der Waals surface area contributed by atoms with Crippen LogP contribution in [0.5, 0.6) is 5.75 Å². The maximum absolute atomic E-state index is 12.8. The van der Waals surface area contributed by atoms with Crippen molar-refractivity contribution in [1.82, 2.24) is 9.38 Å². The summed E-state index contributed by atoms with van der Waals surface area (Å²) in [7, 11) is 0. The average Bonchev–Trinajstić information content (AvgIpc) is 2.80. The lowest BCUT2D eigenvalue weighted by Gasteiger charge is -2.06. The van der Waals surface area contributed by atoms with Crippen molar-refractivity contribution in [3.8, 4) is 5.75 Å². The number of halogens is 1. The highest BCUT2D eigenvalue weighted by Gasteiger charge is 2.04. The molecule has 0 spiro atoms. The summed E-state index contributed by atoms with van der Waals surface area (Å²) >= 11 is 0. The van der Waals surface area contributed by atoms with E-state index in [1.54, 1.807) is 30.6 Å². The highest BCUT2D eigenvalue weighted by atomic mass is 19.1. The molecule has 4 nitrogen and oxygen atoms in total. The van der Waals surface area contributed by atoms with Crippen LogP contribution in [0.25, 0.3) is 5.65 Å². The van der Waals surface area contributed by atoms with Crippen LogP contribution in [0.3, 0.4) is 0 Å². The molecule has 0 saturated heterocycles. The van der Waals surface area contributed by atoms with Gasteiger partial charge in [0.25, 0.3) is 0 Å². The molecule has 0 aliphatic carbocycles. The Balaban J connectivity index is 1.81. The molecule has 2 aromatic heterocycles. The highest BCUT2D eigenvalue weighted by Crippen LogP contribution is 2.15. The van der Waals surface area contributed by atoms with Gasteiger partial charge in [-0.2, -0.15) is 0 Å². The molecule has 1 aromatic carbocycles. The summed E-state index contributed by atoms with van der Waals surface area (Å²) < 4.78 is 20.2. The number of nitrogen functional groups attached to an aromatic ring is 1. The van der Waals surface area contributed by atoms with Gasteiger partial charge >= 0.3 is 0 Å². The second-order valence-corrected chi connectivity index (χ2v) is 4.18. The molecule has 5 heteroatoms. The Labute approximate surface area is 109 Å². The van der Waals surface area contributed by atoms with Crippen molar-refractivity contribution >= 4 is 11.3 Å². The number of benzene rings is 1. The van der Waals surface area contributed by atoms with Crippen molar-refractivity contribution in [1.29, 1.82) is 0 Å². The molecule has 0 atom stereocenters. The summed E-state index contributed by atoms with van der Waals surface area (Å²) in [5.74, 6) is 0.329. The van der Waals surface area contributed by atoms with E-state index in [-0.39, 0.29) is 5.82 Å². The van der Waals surface area contributed by atoms with E-state index < -0.39 is 0 Å². The number of pyridine rings is 1. The van der Waals surface area contributed by atoms with Crippen molar-refractivity contribution in [2.24, 2.45) is 0 Å². The molecular weight excluding hydrogens is 245 g/mol. The van der Waals surface area contributed by atoms with Gasteiger partial charge in [0.05, 0.1) is 11.9 Å². The van der Waals surface area contributed by atoms with Crippen LogP contribution in [0.15, 0.2) is 48.8 Å². The highest BCUT2D eigenvalue weighted by molar-refractivity contribution is 5.48. The van der Waals surface area contributed by atoms with E-state index >= 15 is 0 Å². The molecule has 0 saturated carbocycles. The van der Waals surface area contributed by atoms with Crippen molar-refractivity contribution in [2.75, 3.05) is 5.73 Å². The van der Waals surface area contributed by atoms with Gasteiger partial charge in [0.15, 0.2) is 0 Å². The summed E-state index contributed by atoms with van der Waals surface area (Å²) in [5, 5.41) is 0. The van der Waals surface area contributed by atoms with Crippen LogP contribution in [-0.2, 0) is 6.61 Å². The van der Waals surface area contributed by atoms with E-state index in [0.29, 0.717) is 18.0 Å². The van der Waals surface area contributed by atoms with Gasteiger partial charge in [0.2, 0.25) is 0 Å². The average molecular weight is 257 g/mol. The normalized spacial score (nSPS) is 10.8. The lowest BCUT2D eigenvalue weighted by Crippen LogP contribution is -2.00. The number of hydrogen-bond acceptors (Lipinski definition) is 3. The summed E-state index contributed by atoms with van der Waals surface area (Å²) in [6.07, 6.45) is 3.53. The predicted molar refractivity (Wildman–Crippen MR) is 70.3 cm³/mol. The predicted octanol–water partition coefficient (Wildman–Crippen LogP) is 2.63. The van der Waals surface area contributed by atoms with Gasteiger partial charge in [-0.15, -0.1) is 0 Å². The first-order valence-electron chi connectivity index (χ1n) is 5.82. The van der Waals surface area contributed by atoms with Crippen LogP contribution in [0, 0.1) is 5.82 Å². The quantitative estimate of drug-likeness (QED) is 0.784. The van der Waals surface area contributed by atoms with Crippen LogP contribution in [-0.4, -0.2) is 9.38 Å². The Morgan fingerprint density at radius 2 is 1.95 bits per heavy atom. The topological polar surface area (TPSA) is 52.5 Å². The zero-order chi connectivity index (χ0) is 13.2. The molecule has 0 radical (unpaired) electrons. The monoisotopic (exact) mass is 257 g/mol. The second-order valence-electron chi connectivity index (χ2n) is 4.18. The molecule has 0 amide bonds. The number of hydrogen-bond donors (Lipinski definition) is 1. The first kappa shape index (κ1) is 11.5. The lowest BCUT2D eigenvalue weighted by molar-refractivity contribution is 0.300. The zero-order valence-electron chi connectivity index (χ0n) is 10.1. The SMILES string of the molecule is Nc1ccc2ncc(COc3ccc(F)cc3)n2c1. The largest absolute Gasteiger partial charge is 0.487 e. The van der Waals surface area contributed by atoms with E-state index in [0.717, 1.165) is 11.3 Å².